The van der Waals surface area contributed by atoms with Gasteiger partial charge in [0.25, 0.3) is 5.91 Å². The number of nitrogens with two attached hydrogens (primary N) is 1. The first-order valence-electron chi connectivity index (χ1n) is 7.53. The molecule has 0 aromatic heterocycles. The van der Waals surface area contributed by atoms with Gasteiger partial charge < -0.3 is 21.1 Å². The van der Waals surface area contributed by atoms with Crippen LogP contribution in [0.2, 0.25) is 0 Å². The Balaban J connectivity index is 1.99. The summed E-state index contributed by atoms with van der Waals surface area (Å²) < 4.78 is 5.41. The second-order valence-electron chi connectivity index (χ2n) is 5.94. The van der Waals surface area contributed by atoms with E-state index in [1.165, 1.54) is 0 Å². The molecule has 0 saturated carbocycles. The monoisotopic (exact) mass is 291 g/mol. The maximum atomic E-state index is 11.8. The van der Waals surface area contributed by atoms with Gasteiger partial charge in [0.1, 0.15) is 0 Å². The van der Waals surface area contributed by atoms with Gasteiger partial charge >= 0.3 is 0 Å². The summed E-state index contributed by atoms with van der Waals surface area (Å²) in [7, 11) is 0. The molecule has 0 unspecified atom stereocenters. The van der Waals surface area contributed by atoms with Crippen LogP contribution in [0, 0.1) is 5.41 Å². The lowest BCUT2D eigenvalue weighted by Gasteiger charge is -2.34. The lowest BCUT2D eigenvalue weighted by Crippen LogP contribution is -2.33. The van der Waals surface area contributed by atoms with Crippen LogP contribution in [0.5, 0.6) is 0 Å². The van der Waals surface area contributed by atoms with Crippen LogP contribution in [0.1, 0.15) is 37.0 Å². The van der Waals surface area contributed by atoms with Crippen LogP contribution in [0.3, 0.4) is 0 Å². The number of anilines is 2. The van der Waals surface area contributed by atoms with Crippen LogP contribution in [0.15, 0.2) is 18.2 Å². The highest BCUT2D eigenvalue weighted by Crippen LogP contribution is 2.31. The van der Waals surface area contributed by atoms with Crippen LogP contribution >= 0.6 is 0 Å². The van der Waals surface area contributed by atoms with E-state index in [9.17, 15) is 4.79 Å². The molecule has 116 valence electrons. The van der Waals surface area contributed by atoms with E-state index in [1.807, 2.05) is 13.0 Å². The SMILES string of the molecule is CCNC(=O)c1ccc(NCC2(C)CCOCC2)c(N)c1. The Morgan fingerprint density at radius 3 is 2.71 bits per heavy atom. The number of carbonyl (C=O) groups excluding carboxylic acids is 1. The first-order valence-corrected chi connectivity index (χ1v) is 7.53. The molecule has 1 saturated heterocycles. The first kappa shape index (κ1) is 15.6. The molecule has 5 nitrogen and oxygen atoms in total. The molecule has 21 heavy (non-hydrogen) atoms. The van der Waals surface area contributed by atoms with E-state index in [1.54, 1.807) is 12.1 Å². The number of benzene rings is 1. The summed E-state index contributed by atoms with van der Waals surface area (Å²) in [5, 5.41) is 6.18. The van der Waals surface area contributed by atoms with E-state index >= 15 is 0 Å². The Morgan fingerprint density at radius 2 is 2.10 bits per heavy atom. The minimum absolute atomic E-state index is 0.0906. The van der Waals surface area contributed by atoms with Crippen molar-refractivity contribution in [2.75, 3.05) is 37.4 Å². The highest BCUT2D eigenvalue weighted by molar-refractivity contribution is 5.96. The standard InChI is InChI=1S/C16H25N3O2/c1-3-18-15(20)12-4-5-14(13(17)10-12)19-11-16(2)6-8-21-9-7-16/h4-5,10,19H,3,6-9,11,17H2,1-2H3,(H,18,20). The third-order valence-corrected chi connectivity index (χ3v) is 4.06. The second kappa shape index (κ2) is 6.80. The number of hydrogen-bond donors (Lipinski definition) is 3. The van der Waals surface area contributed by atoms with Crippen LogP contribution in [-0.2, 0) is 4.74 Å². The summed E-state index contributed by atoms with van der Waals surface area (Å²) in [6, 6.07) is 5.40. The predicted octanol–water partition coefficient (Wildman–Crippen LogP) is 2.25. The zero-order valence-corrected chi connectivity index (χ0v) is 12.9. The summed E-state index contributed by atoms with van der Waals surface area (Å²) in [5.74, 6) is -0.0906. The van der Waals surface area contributed by atoms with Gasteiger partial charge in [-0.05, 0) is 43.4 Å². The predicted molar refractivity (Wildman–Crippen MR) is 85.5 cm³/mol. The van der Waals surface area contributed by atoms with E-state index < -0.39 is 0 Å². The Bertz CT molecular complexity index is 496. The number of nitrogen functional groups attached to an aromatic ring is 1. The maximum Gasteiger partial charge on any atom is 0.251 e. The summed E-state index contributed by atoms with van der Waals surface area (Å²) >= 11 is 0. The fourth-order valence-corrected chi connectivity index (χ4v) is 2.48. The minimum atomic E-state index is -0.0906. The highest BCUT2D eigenvalue weighted by atomic mass is 16.5. The molecule has 1 aliphatic rings. The van der Waals surface area contributed by atoms with Crippen molar-refractivity contribution < 1.29 is 9.53 Å². The van der Waals surface area contributed by atoms with Crippen LogP contribution in [0.25, 0.3) is 0 Å². The molecule has 5 heteroatoms. The van der Waals surface area contributed by atoms with E-state index in [2.05, 4.69) is 17.6 Å². The van der Waals surface area contributed by atoms with Crippen molar-refractivity contribution in [3.63, 3.8) is 0 Å². The quantitative estimate of drug-likeness (QED) is 0.727. The Labute approximate surface area is 126 Å². The molecule has 1 aromatic rings. The van der Waals surface area contributed by atoms with Crippen molar-refractivity contribution in [2.45, 2.75) is 26.7 Å². The number of rotatable bonds is 5. The fourth-order valence-electron chi connectivity index (χ4n) is 2.48. The summed E-state index contributed by atoms with van der Waals surface area (Å²) in [4.78, 5) is 11.8. The smallest absolute Gasteiger partial charge is 0.251 e. The summed E-state index contributed by atoms with van der Waals surface area (Å²) in [6.07, 6.45) is 2.10. The fraction of sp³-hybridized carbons (Fsp3) is 0.562. The van der Waals surface area contributed by atoms with Gasteiger partial charge in [-0.15, -0.1) is 0 Å². The van der Waals surface area contributed by atoms with Crippen molar-refractivity contribution in [2.24, 2.45) is 5.41 Å². The van der Waals surface area contributed by atoms with Crippen molar-refractivity contribution in [1.29, 1.82) is 0 Å². The topological polar surface area (TPSA) is 76.4 Å². The molecule has 0 radical (unpaired) electrons. The van der Waals surface area contributed by atoms with E-state index in [0.717, 1.165) is 38.3 Å². The highest BCUT2D eigenvalue weighted by Gasteiger charge is 2.27. The number of hydrogen-bond acceptors (Lipinski definition) is 4. The number of amides is 1. The van der Waals surface area contributed by atoms with Crippen molar-refractivity contribution >= 4 is 17.3 Å². The van der Waals surface area contributed by atoms with Crippen LogP contribution in [-0.4, -0.2) is 32.2 Å². The first-order chi connectivity index (χ1) is 10.0. The normalized spacial score (nSPS) is 17.2. The molecule has 1 heterocycles. The number of nitrogens with one attached hydrogen (secondary N) is 2. The largest absolute Gasteiger partial charge is 0.397 e. The average Bonchev–Trinajstić information content (AvgIpc) is 2.47. The van der Waals surface area contributed by atoms with Gasteiger partial charge in [-0.1, -0.05) is 6.92 Å². The van der Waals surface area contributed by atoms with E-state index in [0.29, 0.717) is 17.8 Å². The van der Waals surface area contributed by atoms with Crippen molar-refractivity contribution in [3.8, 4) is 0 Å². The van der Waals surface area contributed by atoms with Gasteiger partial charge in [0.2, 0.25) is 0 Å². The lowest BCUT2D eigenvalue weighted by molar-refractivity contribution is 0.0300. The molecule has 1 amide bonds. The Hall–Kier alpha value is -1.75. The minimum Gasteiger partial charge on any atom is -0.397 e. The molecule has 1 fully saturated rings. The van der Waals surface area contributed by atoms with E-state index in [-0.39, 0.29) is 11.3 Å². The third-order valence-electron chi connectivity index (χ3n) is 4.06. The van der Waals surface area contributed by atoms with Gasteiger partial charge in [0.15, 0.2) is 0 Å². The second-order valence-corrected chi connectivity index (χ2v) is 5.94. The molecule has 1 aromatic carbocycles. The summed E-state index contributed by atoms with van der Waals surface area (Å²) in [5.41, 5.74) is 8.37. The Morgan fingerprint density at radius 1 is 1.38 bits per heavy atom. The average molecular weight is 291 g/mol. The van der Waals surface area contributed by atoms with Crippen molar-refractivity contribution in [1.82, 2.24) is 5.32 Å². The van der Waals surface area contributed by atoms with E-state index in [4.69, 9.17) is 10.5 Å². The maximum absolute atomic E-state index is 11.8. The lowest BCUT2D eigenvalue weighted by atomic mass is 9.82. The van der Waals surface area contributed by atoms with Gasteiger partial charge in [-0.25, -0.2) is 0 Å². The van der Waals surface area contributed by atoms with Gasteiger partial charge in [0, 0.05) is 31.9 Å². The molecule has 4 N–H and O–H groups in total. The zero-order valence-electron chi connectivity index (χ0n) is 12.9. The molecule has 0 atom stereocenters. The zero-order chi connectivity index (χ0) is 15.3. The third kappa shape index (κ3) is 4.11. The molecular weight excluding hydrogens is 266 g/mol. The van der Waals surface area contributed by atoms with Crippen LogP contribution < -0.4 is 16.4 Å². The molecule has 0 spiro atoms. The van der Waals surface area contributed by atoms with Crippen molar-refractivity contribution in [3.05, 3.63) is 23.8 Å². The molecule has 0 bridgehead atoms. The van der Waals surface area contributed by atoms with Gasteiger partial charge in [0.05, 0.1) is 11.4 Å². The van der Waals surface area contributed by atoms with Gasteiger partial charge in [-0.3, -0.25) is 4.79 Å². The number of carbonyl (C=O) groups is 1. The van der Waals surface area contributed by atoms with Crippen LogP contribution in [0.4, 0.5) is 11.4 Å². The summed E-state index contributed by atoms with van der Waals surface area (Å²) in [6.45, 7) is 7.28. The van der Waals surface area contributed by atoms with Gasteiger partial charge in [-0.2, -0.15) is 0 Å². The Kier molecular flexibility index (Phi) is 5.07. The molecular formula is C16H25N3O2. The molecule has 1 aliphatic heterocycles. The molecule has 2 rings (SSSR count). The molecule has 0 aliphatic carbocycles. The number of ether oxygens (including phenoxy) is 1.